The topological polar surface area (TPSA) is 27.1 Å². The zero-order chi connectivity index (χ0) is 11.4. The number of aryl methyl sites for hydroxylation is 1. The van der Waals surface area contributed by atoms with Crippen LogP contribution in [-0.2, 0) is 6.54 Å². The molecular weight excluding hydrogens is 200 g/mol. The van der Waals surface area contributed by atoms with E-state index in [0.29, 0.717) is 6.61 Å². The maximum absolute atomic E-state index is 5.40. The van der Waals surface area contributed by atoms with Crippen LogP contribution in [0.25, 0.3) is 0 Å². The van der Waals surface area contributed by atoms with Gasteiger partial charge in [-0.15, -0.1) is 0 Å². The van der Waals surface area contributed by atoms with Gasteiger partial charge < -0.3 is 9.30 Å². The molecule has 3 heteroatoms. The van der Waals surface area contributed by atoms with Gasteiger partial charge in [-0.1, -0.05) is 12.1 Å². The third-order valence-corrected chi connectivity index (χ3v) is 2.51. The molecule has 3 nitrogen and oxygen atoms in total. The molecule has 0 spiro atoms. The van der Waals surface area contributed by atoms with Crippen LogP contribution in [0.3, 0.4) is 0 Å². The molecule has 0 bridgehead atoms. The smallest absolute Gasteiger partial charge is 0.119 e. The van der Waals surface area contributed by atoms with Crippen LogP contribution >= 0.6 is 0 Å². The van der Waals surface area contributed by atoms with Gasteiger partial charge in [0.2, 0.25) is 0 Å². The number of nitrogens with zero attached hydrogens (tertiary/aromatic N) is 2. The molecule has 1 heterocycles. The van der Waals surface area contributed by atoms with Gasteiger partial charge in [0, 0.05) is 18.9 Å². The van der Waals surface area contributed by atoms with E-state index in [-0.39, 0.29) is 0 Å². The molecule has 0 atom stereocenters. The molecular formula is C13H16N2O. The first-order valence-corrected chi connectivity index (χ1v) is 5.49. The number of benzene rings is 1. The van der Waals surface area contributed by atoms with Crippen LogP contribution in [0, 0.1) is 6.92 Å². The van der Waals surface area contributed by atoms with E-state index in [2.05, 4.69) is 21.7 Å². The number of aromatic nitrogens is 2. The molecule has 0 aliphatic heterocycles. The maximum Gasteiger partial charge on any atom is 0.119 e. The molecule has 0 aliphatic rings. The molecule has 0 amide bonds. The van der Waals surface area contributed by atoms with Gasteiger partial charge in [0.05, 0.1) is 6.61 Å². The molecule has 0 N–H and O–H groups in total. The van der Waals surface area contributed by atoms with Gasteiger partial charge in [0.1, 0.15) is 11.6 Å². The van der Waals surface area contributed by atoms with Crippen molar-refractivity contribution in [3.63, 3.8) is 0 Å². The molecule has 0 saturated carbocycles. The van der Waals surface area contributed by atoms with Gasteiger partial charge in [-0.25, -0.2) is 4.98 Å². The van der Waals surface area contributed by atoms with E-state index in [0.717, 1.165) is 18.1 Å². The van der Waals surface area contributed by atoms with Crippen molar-refractivity contribution < 1.29 is 4.74 Å². The van der Waals surface area contributed by atoms with Crippen molar-refractivity contribution >= 4 is 0 Å². The van der Waals surface area contributed by atoms with Crippen molar-refractivity contribution in [2.75, 3.05) is 6.61 Å². The summed E-state index contributed by atoms with van der Waals surface area (Å²) in [6, 6.07) is 8.19. The number of imidazole rings is 1. The highest BCUT2D eigenvalue weighted by Crippen LogP contribution is 2.13. The van der Waals surface area contributed by atoms with Crippen molar-refractivity contribution in [1.82, 2.24) is 9.55 Å². The van der Waals surface area contributed by atoms with Crippen LogP contribution in [0.4, 0.5) is 0 Å². The third-order valence-electron chi connectivity index (χ3n) is 2.51. The summed E-state index contributed by atoms with van der Waals surface area (Å²) in [5.41, 5.74) is 1.25. The monoisotopic (exact) mass is 216 g/mol. The van der Waals surface area contributed by atoms with Crippen LogP contribution < -0.4 is 4.74 Å². The van der Waals surface area contributed by atoms with E-state index in [1.54, 1.807) is 0 Å². The van der Waals surface area contributed by atoms with Gasteiger partial charge >= 0.3 is 0 Å². The van der Waals surface area contributed by atoms with E-state index < -0.39 is 0 Å². The summed E-state index contributed by atoms with van der Waals surface area (Å²) in [6.45, 7) is 5.57. The molecule has 16 heavy (non-hydrogen) atoms. The third kappa shape index (κ3) is 2.42. The minimum atomic E-state index is 0.708. The maximum atomic E-state index is 5.40. The first kappa shape index (κ1) is 10.7. The normalized spacial score (nSPS) is 10.4. The second-order valence-electron chi connectivity index (χ2n) is 3.68. The Bertz CT molecular complexity index is 445. The van der Waals surface area contributed by atoms with Crippen LogP contribution in [0.15, 0.2) is 36.7 Å². The van der Waals surface area contributed by atoms with E-state index in [9.17, 15) is 0 Å². The Morgan fingerprint density at radius 3 is 2.56 bits per heavy atom. The zero-order valence-electron chi connectivity index (χ0n) is 9.68. The van der Waals surface area contributed by atoms with E-state index in [1.165, 1.54) is 5.56 Å². The summed E-state index contributed by atoms with van der Waals surface area (Å²) >= 11 is 0. The van der Waals surface area contributed by atoms with Gasteiger partial charge in [-0.05, 0) is 31.5 Å². The second kappa shape index (κ2) is 4.84. The minimum Gasteiger partial charge on any atom is -0.494 e. The van der Waals surface area contributed by atoms with Crippen LogP contribution in [0.5, 0.6) is 5.75 Å². The fourth-order valence-electron chi connectivity index (χ4n) is 1.63. The Kier molecular flexibility index (Phi) is 3.25. The first-order valence-electron chi connectivity index (χ1n) is 5.49. The number of hydrogen-bond donors (Lipinski definition) is 0. The molecule has 1 aromatic carbocycles. The van der Waals surface area contributed by atoms with E-state index in [1.807, 2.05) is 38.4 Å². The van der Waals surface area contributed by atoms with Crippen molar-refractivity contribution in [2.24, 2.45) is 0 Å². The standard InChI is InChI=1S/C13H16N2O/c1-3-16-13-6-4-12(5-7-13)10-15-9-8-14-11(15)2/h4-9H,3,10H2,1-2H3. The average Bonchev–Trinajstić information content (AvgIpc) is 2.68. The van der Waals surface area contributed by atoms with Gasteiger partial charge in [0.15, 0.2) is 0 Å². The first-order chi connectivity index (χ1) is 7.79. The summed E-state index contributed by atoms with van der Waals surface area (Å²) in [4.78, 5) is 4.20. The Balaban J connectivity index is 2.08. The Labute approximate surface area is 95.7 Å². The molecule has 84 valence electrons. The summed E-state index contributed by atoms with van der Waals surface area (Å²) in [7, 11) is 0. The molecule has 2 aromatic rings. The molecule has 2 rings (SSSR count). The largest absolute Gasteiger partial charge is 0.494 e. The minimum absolute atomic E-state index is 0.708. The summed E-state index contributed by atoms with van der Waals surface area (Å²) in [6.07, 6.45) is 3.82. The highest BCUT2D eigenvalue weighted by atomic mass is 16.5. The van der Waals surface area contributed by atoms with Crippen LogP contribution in [0.2, 0.25) is 0 Å². The van der Waals surface area contributed by atoms with Crippen molar-refractivity contribution in [3.05, 3.63) is 48.0 Å². The fraction of sp³-hybridized carbons (Fsp3) is 0.308. The summed E-state index contributed by atoms with van der Waals surface area (Å²) in [5, 5.41) is 0. The molecule has 0 saturated heterocycles. The number of hydrogen-bond acceptors (Lipinski definition) is 2. The number of rotatable bonds is 4. The lowest BCUT2D eigenvalue weighted by molar-refractivity contribution is 0.340. The van der Waals surface area contributed by atoms with Crippen molar-refractivity contribution in [1.29, 1.82) is 0 Å². The van der Waals surface area contributed by atoms with E-state index in [4.69, 9.17) is 4.74 Å². The van der Waals surface area contributed by atoms with E-state index >= 15 is 0 Å². The molecule has 0 radical (unpaired) electrons. The van der Waals surface area contributed by atoms with Crippen LogP contribution in [-0.4, -0.2) is 16.2 Å². The lowest BCUT2D eigenvalue weighted by Gasteiger charge is -2.07. The van der Waals surface area contributed by atoms with Gasteiger partial charge in [0.25, 0.3) is 0 Å². The average molecular weight is 216 g/mol. The lowest BCUT2D eigenvalue weighted by Crippen LogP contribution is -2.00. The molecule has 1 aromatic heterocycles. The zero-order valence-corrected chi connectivity index (χ0v) is 9.68. The second-order valence-corrected chi connectivity index (χ2v) is 3.68. The number of ether oxygens (including phenoxy) is 1. The molecule has 0 aliphatic carbocycles. The van der Waals surface area contributed by atoms with Gasteiger partial charge in [-0.2, -0.15) is 0 Å². The quantitative estimate of drug-likeness (QED) is 0.785. The highest BCUT2D eigenvalue weighted by Gasteiger charge is 1.99. The molecule has 0 fully saturated rings. The van der Waals surface area contributed by atoms with Gasteiger partial charge in [-0.3, -0.25) is 0 Å². The lowest BCUT2D eigenvalue weighted by atomic mass is 10.2. The SMILES string of the molecule is CCOc1ccc(Cn2ccnc2C)cc1. The Morgan fingerprint density at radius 2 is 2.00 bits per heavy atom. The van der Waals surface area contributed by atoms with Crippen LogP contribution in [0.1, 0.15) is 18.3 Å². The predicted molar refractivity (Wildman–Crippen MR) is 63.7 cm³/mol. The Morgan fingerprint density at radius 1 is 1.25 bits per heavy atom. The Hall–Kier alpha value is -1.77. The fourth-order valence-corrected chi connectivity index (χ4v) is 1.63. The molecule has 0 unspecified atom stereocenters. The van der Waals surface area contributed by atoms with Crippen molar-refractivity contribution in [3.8, 4) is 5.75 Å². The predicted octanol–water partition coefficient (Wildman–Crippen LogP) is 2.64. The van der Waals surface area contributed by atoms with Crippen molar-refractivity contribution in [2.45, 2.75) is 20.4 Å². The summed E-state index contributed by atoms with van der Waals surface area (Å²) in [5.74, 6) is 1.96. The highest BCUT2D eigenvalue weighted by molar-refractivity contribution is 5.27. The summed E-state index contributed by atoms with van der Waals surface area (Å²) < 4.78 is 7.52.